The highest BCUT2D eigenvalue weighted by molar-refractivity contribution is 5.66. The van der Waals surface area contributed by atoms with E-state index in [0.717, 1.165) is 0 Å². The van der Waals surface area contributed by atoms with Crippen molar-refractivity contribution in [2.45, 2.75) is 44.6 Å². The first-order chi connectivity index (χ1) is 10.1. The summed E-state index contributed by atoms with van der Waals surface area (Å²) in [6.07, 6.45) is 9.16. The molecule has 0 amide bonds. The quantitative estimate of drug-likeness (QED) is 0.614. The number of hydrogen-bond acceptors (Lipinski definition) is 5. The smallest absolute Gasteiger partial charge is 0.303 e. The Balaban J connectivity index is 1.86. The minimum absolute atomic E-state index is 0.0135. The third kappa shape index (κ3) is 2.81. The Morgan fingerprint density at radius 1 is 1.10 bits per heavy atom. The lowest BCUT2D eigenvalue weighted by atomic mass is 9.80. The number of aliphatic hydroxyl groups excluding tert-OH is 1. The van der Waals surface area contributed by atoms with E-state index in [1.807, 2.05) is 24.3 Å². The van der Waals surface area contributed by atoms with Gasteiger partial charge in [-0.2, -0.15) is 0 Å². The van der Waals surface area contributed by atoms with Crippen molar-refractivity contribution < 1.29 is 24.1 Å². The molecule has 0 radical (unpaired) electrons. The molecule has 0 aromatic rings. The van der Waals surface area contributed by atoms with Crippen LogP contribution in [0, 0.1) is 11.8 Å². The highest BCUT2D eigenvalue weighted by Gasteiger charge is 2.49. The summed E-state index contributed by atoms with van der Waals surface area (Å²) in [5.74, 6) is -0.144. The Morgan fingerprint density at radius 3 is 2.52 bits per heavy atom. The lowest BCUT2D eigenvalue weighted by Gasteiger charge is -2.36. The van der Waals surface area contributed by atoms with Crippen molar-refractivity contribution in [2.24, 2.45) is 11.8 Å². The molecule has 0 unspecified atom stereocenters. The zero-order valence-corrected chi connectivity index (χ0v) is 12.1. The molecule has 1 N–H and O–H groups in total. The molecule has 1 saturated heterocycles. The molecule has 1 fully saturated rings. The molecular formula is C16H20O5. The van der Waals surface area contributed by atoms with E-state index in [2.05, 4.69) is 6.92 Å². The van der Waals surface area contributed by atoms with Crippen molar-refractivity contribution in [3.63, 3.8) is 0 Å². The molecule has 0 spiro atoms. The van der Waals surface area contributed by atoms with Gasteiger partial charge in [-0.15, -0.1) is 0 Å². The summed E-state index contributed by atoms with van der Waals surface area (Å²) in [7, 11) is 0. The molecule has 5 heteroatoms. The van der Waals surface area contributed by atoms with Crippen molar-refractivity contribution in [1.82, 2.24) is 0 Å². The van der Waals surface area contributed by atoms with E-state index >= 15 is 0 Å². The van der Waals surface area contributed by atoms with Crippen molar-refractivity contribution in [3.05, 3.63) is 36.5 Å². The van der Waals surface area contributed by atoms with Crippen LogP contribution in [0.1, 0.15) is 13.8 Å². The maximum absolute atomic E-state index is 11.3. The van der Waals surface area contributed by atoms with Crippen LogP contribution in [0.4, 0.5) is 0 Å². The van der Waals surface area contributed by atoms with E-state index < -0.39 is 18.5 Å². The normalized spacial score (nSPS) is 44.6. The Bertz CT molecular complexity index is 495. The van der Waals surface area contributed by atoms with Crippen LogP contribution in [-0.2, 0) is 19.0 Å². The molecule has 5 nitrogen and oxygen atoms in total. The van der Waals surface area contributed by atoms with E-state index in [4.69, 9.17) is 14.2 Å². The van der Waals surface area contributed by atoms with Gasteiger partial charge >= 0.3 is 5.97 Å². The summed E-state index contributed by atoms with van der Waals surface area (Å²) in [4.78, 5) is 11.3. The fourth-order valence-corrected chi connectivity index (χ4v) is 3.35. The predicted molar refractivity (Wildman–Crippen MR) is 75.2 cm³/mol. The van der Waals surface area contributed by atoms with Gasteiger partial charge in [-0.25, -0.2) is 0 Å². The van der Waals surface area contributed by atoms with Crippen molar-refractivity contribution in [3.8, 4) is 0 Å². The first-order valence-electron chi connectivity index (χ1n) is 7.26. The lowest BCUT2D eigenvalue weighted by molar-refractivity contribution is -0.185. The molecule has 0 aromatic heterocycles. The number of allylic oxidation sites excluding steroid dienone is 2. The van der Waals surface area contributed by atoms with E-state index in [1.54, 1.807) is 6.08 Å². The van der Waals surface area contributed by atoms with Gasteiger partial charge in [0.15, 0.2) is 6.29 Å². The average Bonchev–Trinajstić information content (AvgIpc) is 2.61. The highest BCUT2D eigenvalue weighted by Crippen LogP contribution is 2.41. The van der Waals surface area contributed by atoms with Gasteiger partial charge in [0.25, 0.3) is 0 Å². The Kier molecular flexibility index (Phi) is 3.97. The van der Waals surface area contributed by atoms with Gasteiger partial charge in [0.2, 0.25) is 0 Å². The number of hydrogen-bond donors (Lipinski definition) is 1. The summed E-state index contributed by atoms with van der Waals surface area (Å²) < 4.78 is 17.0. The van der Waals surface area contributed by atoms with E-state index in [9.17, 15) is 9.90 Å². The number of carbonyl (C=O) groups excluding carboxylic acids is 1. The van der Waals surface area contributed by atoms with Crippen LogP contribution in [0.2, 0.25) is 0 Å². The van der Waals surface area contributed by atoms with Crippen molar-refractivity contribution in [2.75, 3.05) is 0 Å². The summed E-state index contributed by atoms with van der Waals surface area (Å²) in [5, 5.41) is 9.75. The number of carbonyl (C=O) groups is 1. The van der Waals surface area contributed by atoms with Gasteiger partial charge in [-0.3, -0.25) is 4.79 Å². The maximum atomic E-state index is 11.3. The molecule has 114 valence electrons. The standard InChI is InChI=1S/C16H20O5/c1-9-11-5-3-4-6-12(20-11)15(9)16-13(19-10(2)17)7-8-14(18)21-16/h3-9,11-16,18H,1-2H3/t9-,11-,12+,13+,14+,15-,16-/m0/s1. The van der Waals surface area contributed by atoms with Gasteiger partial charge in [0.05, 0.1) is 12.2 Å². The third-order valence-electron chi connectivity index (χ3n) is 4.30. The zero-order valence-electron chi connectivity index (χ0n) is 12.1. The largest absolute Gasteiger partial charge is 0.456 e. The Labute approximate surface area is 123 Å². The summed E-state index contributed by atoms with van der Waals surface area (Å²) in [6, 6.07) is 0. The number of aliphatic hydroxyl groups is 1. The first-order valence-corrected chi connectivity index (χ1v) is 7.26. The van der Waals surface area contributed by atoms with Crippen LogP contribution in [0.25, 0.3) is 0 Å². The van der Waals surface area contributed by atoms with Gasteiger partial charge in [-0.1, -0.05) is 31.2 Å². The molecule has 3 heterocycles. The molecule has 0 aliphatic carbocycles. The molecular weight excluding hydrogens is 272 g/mol. The van der Waals surface area contributed by atoms with Gasteiger partial charge in [0, 0.05) is 12.8 Å². The molecule has 3 rings (SSSR count). The van der Waals surface area contributed by atoms with Crippen molar-refractivity contribution in [1.29, 1.82) is 0 Å². The molecule has 2 bridgehead atoms. The number of rotatable bonds is 2. The second-order valence-electron chi connectivity index (χ2n) is 5.72. The number of ether oxygens (including phenoxy) is 3. The average molecular weight is 292 g/mol. The zero-order chi connectivity index (χ0) is 15.0. The van der Waals surface area contributed by atoms with Gasteiger partial charge in [0.1, 0.15) is 12.2 Å². The van der Waals surface area contributed by atoms with Crippen LogP contribution in [0.15, 0.2) is 36.5 Å². The van der Waals surface area contributed by atoms with Crippen molar-refractivity contribution >= 4 is 5.97 Å². The summed E-state index contributed by atoms with van der Waals surface area (Å²) in [6.45, 7) is 3.47. The predicted octanol–water partition coefficient (Wildman–Crippen LogP) is 1.34. The molecule has 0 aromatic carbocycles. The number of esters is 1. The Hall–Kier alpha value is -1.43. The molecule has 0 saturated carbocycles. The van der Waals surface area contributed by atoms with Crippen LogP contribution < -0.4 is 0 Å². The highest BCUT2D eigenvalue weighted by atomic mass is 16.6. The fourth-order valence-electron chi connectivity index (χ4n) is 3.35. The summed E-state index contributed by atoms with van der Waals surface area (Å²) >= 11 is 0. The second kappa shape index (κ2) is 5.75. The number of fused-ring (bicyclic) bond motifs is 2. The first kappa shape index (κ1) is 14.5. The van der Waals surface area contributed by atoms with Gasteiger partial charge in [-0.05, 0) is 18.1 Å². The minimum atomic E-state index is -0.976. The van der Waals surface area contributed by atoms with Crippen LogP contribution >= 0.6 is 0 Å². The molecule has 7 atom stereocenters. The topological polar surface area (TPSA) is 65.0 Å². The van der Waals surface area contributed by atoms with Crippen LogP contribution in [-0.4, -0.2) is 41.8 Å². The van der Waals surface area contributed by atoms with E-state index in [0.29, 0.717) is 0 Å². The summed E-state index contributed by atoms with van der Waals surface area (Å²) in [5.41, 5.74) is 0. The molecule has 21 heavy (non-hydrogen) atoms. The third-order valence-corrected chi connectivity index (χ3v) is 4.30. The van der Waals surface area contributed by atoms with E-state index in [-0.39, 0.29) is 30.0 Å². The monoisotopic (exact) mass is 292 g/mol. The molecule has 3 aliphatic rings. The lowest BCUT2D eigenvalue weighted by Crippen LogP contribution is -2.47. The Morgan fingerprint density at radius 2 is 1.81 bits per heavy atom. The van der Waals surface area contributed by atoms with Gasteiger partial charge < -0.3 is 19.3 Å². The minimum Gasteiger partial charge on any atom is -0.456 e. The van der Waals surface area contributed by atoms with Crippen LogP contribution in [0.3, 0.4) is 0 Å². The molecule has 3 aliphatic heterocycles. The van der Waals surface area contributed by atoms with Crippen LogP contribution in [0.5, 0.6) is 0 Å². The van der Waals surface area contributed by atoms with E-state index in [1.165, 1.54) is 13.0 Å². The second-order valence-corrected chi connectivity index (χ2v) is 5.72. The maximum Gasteiger partial charge on any atom is 0.303 e. The SMILES string of the molecule is CC(=O)O[C@@H]1C=C[C@H](O)O[C@@H]1[C@H]1[C@@H](C)[C@@H]2C=CC=C[C@H]1O2. The fraction of sp³-hybridized carbons (Fsp3) is 0.562.